The van der Waals surface area contributed by atoms with Gasteiger partial charge in [-0.15, -0.1) is 0 Å². The first kappa shape index (κ1) is 17.7. The molecule has 25 heavy (non-hydrogen) atoms. The molecular weight excluding hydrogens is 312 g/mol. The second-order valence-electron chi connectivity index (χ2n) is 7.20. The maximum absolute atomic E-state index is 12.2. The summed E-state index contributed by atoms with van der Waals surface area (Å²) >= 11 is 0. The first-order valence-electron chi connectivity index (χ1n) is 9.55. The van der Waals surface area contributed by atoms with Gasteiger partial charge in [-0.1, -0.05) is 62.0 Å². The Morgan fingerprint density at radius 1 is 1.24 bits per heavy atom. The Bertz CT molecular complexity index is 684. The van der Waals surface area contributed by atoms with Crippen LogP contribution in [0.1, 0.15) is 80.8 Å². The van der Waals surface area contributed by atoms with Crippen molar-refractivity contribution in [3.8, 4) is 11.3 Å². The summed E-state index contributed by atoms with van der Waals surface area (Å²) in [5.41, 5.74) is 2.72. The summed E-state index contributed by atoms with van der Waals surface area (Å²) in [6, 6.07) is 10.4. The number of nitrogens with one attached hydrogen (secondary N) is 1. The molecule has 4 heteroatoms. The zero-order chi connectivity index (χ0) is 17.6. The van der Waals surface area contributed by atoms with E-state index in [-0.39, 0.29) is 11.9 Å². The number of nitrogens with zero attached hydrogens (tertiary/aromatic N) is 1. The lowest BCUT2D eigenvalue weighted by Gasteiger charge is -2.21. The topological polar surface area (TPSA) is 55.1 Å². The normalized spacial score (nSPS) is 16.6. The fraction of sp³-hybridized carbons (Fsp3) is 0.524. The van der Waals surface area contributed by atoms with E-state index in [0.29, 0.717) is 17.4 Å². The Labute approximate surface area is 150 Å². The summed E-state index contributed by atoms with van der Waals surface area (Å²) < 4.78 is 5.39. The van der Waals surface area contributed by atoms with Crippen molar-refractivity contribution < 1.29 is 9.32 Å². The highest BCUT2D eigenvalue weighted by molar-refractivity contribution is 5.93. The first-order chi connectivity index (χ1) is 12.2. The molecule has 0 spiro atoms. The van der Waals surface area contributed by atoms with Gasteiger partial charge in [-0.2, -0.15) is 0 Å². The van der Waals surface area contributed by atoms with Crippen molar-refractivity contribution in [3.63, 3.8) is 0 Å². The molecule has 1 aromatic heterocycles. The second-order valence-corrected chi connectivity index (χ2v) is 7.20. The molecule has 1 fully saturated rings. The summed E-state index contributed by atoms with van der Waals surface area (Å²) in [4.78, 5) is 12.2. The number of hydrogen-bond donors (Lipinski definition) is 1. The molecule has 2 aromatic rings. The fourth-order valence-electron chi connectivity index (χ4n) is 3.68. The van der Waals surface area contributed by atoms with Crippen LogP contribution in [0.15, 0.2) is 34.9 Å². The van der Waals surface area contributed by atoms with Crippen molar-refractivity contribution in [2.75, 3.05) is 0 Å². The molecule has 1 atom stereocenters. The van der Waals surface area contributed by atoms with Crippen molar-refractivity contribution in [2.45, 2.75) is 70.8 Å². The molecule has 1 aliphatic rings. The molecule has 1 aromatic carbocycles. The van der Waals surface area contributed by atoms with E-state index in [9.17, 15) is 4.79 Å². The first-order valence-corrected chi connectivity index (χ1v) is 9.55. The van der Waals surface area contributed by atoms with E-state index in [4.69, 9.17) is 4.52 Å². The summed E-state index contributed by atoms with van der Waals surface area (Å²) in [6.45, 7) is 4.11. The van der Waals surface area contributed by atoms with Gasteiger partial charge < -0.3 is 9.84 Å². The van der Waals surface area contributed by atoms with Crippen LogP contribution in [0.4, 0.5) is 0 Å². The van der Waals surface area contributed by atoms with Crippen molar-refractivity contribution in [1.82, 2.24) is 10.5 Å². The van der Waals surface area contributed by atoms with E-state index in [1.165, 1.54) is 37.7 Å². The van der Waals surface area contributed by atoms with Crippen molar-refractivity contribution >= 4 is 5.91 Å². The molecule has 1 saturated carbocycles. The number of carbonyl (C=O) groups excluding carboxylic acids is 1. The summed E-state index contributed by atoms with van der Waals surface area (Å²) in [5, 5.41) is 6.88. The number of benzene rings is 1. The van der Waals surface area contributed by atoms with Gasteiger partial charge in [0.15, 0.2) is 11.5 Å². The minimum atomic E-state index is -0.172. The molecule has 0 unspecified atom stereocenters. The Kier molecular flexibility index (Phi) is 5.90. The van der Waals surface area contributed by atoms with Crippen LogP contribution in [-0.2, 0) is 0 Å². The predicted octanol–water partition coefficient (Wildman–Crippen LogP) is 5.31. The molecule has 1 aliphatic carbocycles. The van der Waals surface area contributed by atoms with Crippen LogP contribution in [0.3, 0.4) is 0 Å². The van der Waals surface area contributed by atoms with Gasteiger partial charge >= 0.3 is 0 Å². The lowest BCUT2D eigenvalue weighted by atomic mass is 9.84. The quantitative estimate of drug-likeness (QED) is 0.775. The van der Waals surface area contributed by atoms with Crippen molar-refractivity contribution in [3.05, 3.63) is 41.6 Å². The van der Waals surface area contributed by atoms with Gasteiger partial charge in [0.05, 0.1) is 0 Å². The molecule has 1 N–H and O–H groups in total. The third-order valence-corrected chi connectivity index (χ3v) is 5.11. The van der Waals surface area contributed by atoms with Crippen LogP contribution in [-0.4, -0.2) is 17.1 Å². The van der Waals surface area contributed by atoms with Gasteiger partial charge in [0.1, 0.15) is 0 Å². The highest BCUT2D eigenvalue weighted by Crippen LogP contribution is 2.33. The van der Waals surface area contributed by atoms with Gasteiger partial charge in [0.2, 0.25) is 0 Å². The number of hydrogen-bond acceptors (Lipinski definition) is 3. The SMILES string of the molecule is CCC[C@@H](C)NC(=O)c1cc(-c2ccc(C3CCCCC3)cc2)on1. The Morgan fingerprint density at radius 2 is 1.96 bits per heavy atom. The molecule has 3 rings (SSSR count). The van der Waals surface area contributed by atoms with Crippen LogP contribution in [0.5, 0.6) is 0 Å². The smallest absolute Gasteiger partial charge is 0.273 e. The van der Waals surface area contributed by atoms with Crippen LogP contribution in [0.25, 0.3) is 11.3 Å². The third kappa shape index (κ3) is 4.50. The highest BCUT2D eigenvalue weighted by atomic mass is 16.5. The minimum absolute atomic E-state index is 0.146. The van der Waals surface area contributed by atoms with Crippen molar-refractivity contribution in [2.24, 2.45) is 0 Å². The van der Waals surface area contributed by atoms with E-state index in [2.05, 4.69) is 41.7 Å². The van der Waals surface area contributed by atoms with Gasteiger partial charge in [-0.3, -0.25) is 4.79 Å². The van der Waals surface area contributed by atoms with E-state index >= 15 is 0 Å². The number of carbonyl (C=O) groups is 1. The average molecular weight is 340 g/mol. The number of amides is 1. The van der Waals surface area contributed by atoms with Crippen LogP contribution < -0.4 is 5.32 Å². The number of rotatable bonds is 6. The average Bonchev–Trinajstić information content (AvgIpc) is 3.13. The second kappa shape index (κ2) is 8.32. The molecule has 0 aliphatic heterocycles. The maximum atomic E-state index is 12.2. The molecule has 1 heterocycles. The monoisotopic (exact) mass is 340 g/mol. The Morgan fingerprint density at radius 3 is 2.64 bits per heavy atom. The fourth-order valence-corrected chi connectivity index (χ4v) is 3.68. The van der Waals surface area contributed by atoms with Crippen LogP contribution >= 0.6 is 0 Å². The maximum Gasteiger partial charge on any atom is 0.273 e. The van der Waals surface area contributed by atoms with Gasteiger partial charge in [-0.25, -0.2) is 0 Å². The Balaban J connectivity index is 1.66. The largest absolute Gasteiger partial charge is 0.355 e. The summed E-state index contributed by atoms with van der Waals surface area (Å²) in [5.74, 6) is 1.16. The van der Waals surface area contributed by atoms with Gasteiger partial charge in [0, 0.05) is 17.7 Å². The van der Waals surface area contributed by atoms with Crippen molar-refractivity contribution in [1.29, 1.82) is 0 Å². The zero-order valence-corrected chi connectivity index (χ0v) is 15.3. The lowest BCUT2D eigenvalue weighted by molar-refractivity contribution is 0.0929. The zero-order valence-electron chi connectivity index (χ0n) is 15.3. The Hall–Kier alpha value is -2.10. The van der Waals surface area contributed by atoms with Gasteiger partial charge in [-0.05, 0) is 37.7 Å². The van der Waals surface area contributed by atoms with Crippen LogP contribution in [0, 0.1) is 0 Å². The van der Waals surface area contributed by atoms with Crippen LogP contribution in [0.2, 0.25) is 0 Å². The summed E-state index contributed by atoms with van der Waals surface area (Å²) in [6.07, 6.45) is 8.63. The molecule has 134 valence electrons. The molecule has 0 saturated heterocycles. The molecule has 0 radical (unpaired) electrons. The molecule has 4 nitrogen and oxygen atoms in total. The third-order valence-electron chi connectivity index (χ3n) is 5.11. The van der Waals surface area contributed by atoms with E-state index < -0.39 is 0 Å². The predicted molar refractivity (Wildman–Crippen MR) is 99.6 cm³/mol. The van der Waals surface area contributed by atoms with Gasteiger partial charge in [0.25, 0.3) is 5.91 Å². The molecule has 0 bridgehead atoms. The van der Waals surface area contributed by atoms with E-state index in [0.717, 1.165) is 18.4 Å². The molecule has 1 amide bonds. The standard InChI is InChI=1S/C21H28N2O2/c1-3-7-15(2)22-21(24)19-14-20(25-23-19)18-12-10-17(11-13-18)16-8-5-4-6-9-16/h10-16H,3-9H2,1-2H3,(H,22,24)/t15-/m1/s1. The summed E-state index contributed by atoms with van der Waals surface area (Å²) in [7, 11) is 0. The van der Waals surface area contributed by atoms with E-state index in [1.54, 1.807) is 6.07 Å². The highest BCUT2D eigenvalue weighted by Gasteiger charge is 2.17. The molecular formula is C21H28N2O2. The lowest BCUT2D eigenvalue weighted by Crippen LogP contribution is -2.32. The van der Waals surface area contributed by atoms with E-state index in [1.807, 2.05) is 6.92 Å². The number of aromatic nitrogens is 1. The minimum Gasteiger partial charge on any atom is -0.355 e.